The molecule has 1 N–H and O–H groups in total. The molecule has 1 atom stereocenters. The van der Waals surface area contributed by atoms with E-state index in [1.54, 1.807) is 19.2 Å². The quantitative estimate of drug-likeness (QED) is 0.885. The topological polar surface area (TPSA) is 49.4 Å². The van der Waals surface area contributed by atoms with E-state index in [0.717, 1.165) is 18.4 Å². The van der Waals surface area contributed by atoms with E-state index in [1.165, 1.54) is 4.31 Å². The molecule has 1 aromatic carbocycles. The maximum absolute atomic E-state index is 12.3. The predicted octanol–water partition coefficient (Wildman–Crippen LogP) is 1.75. The van der Waals surface area contributed by atoms with Gasteiger partial charge in [0.2, 0.25) is 10.0 Å². The first kappa shape index (κ1) is 13.5. The minimum atomic E-state index is -3.31. The highest BCUT2D eigenvalue weighted by Crippen LogP contribution is 2.30. The van der Waals surface area contributed by atoms with Crippen LogP contribution < -0.4 is 5.32 Å². The van der Waals surface area contributed by atoms with Crippen LogP contribution in [0, 0.1) is 0 Å². The van der Waals surface area contributed by atoms with E-state index in [9.17, 15) is 8.42 Å². The molecule has 5 heteroatoms. The standard InChI is InChI=1S/C13H20N2O2S/c1-10(14-2)11-4-8-13(9-5-11)18(16,17)15(3)12-6-7-12/h4-5,8-10,12,14H,6-7H2,1-3H3. The van der Waals surface area contributed by atoms with Crippen molar-refractivity contribution in [1.82, 2.24) is 9.62 Å². The van der Waals surface area contributed by atoms with Gasteiger partial charge in [-0.1, -0.05) is 12.1 Å². The average molecular weight is 268 g/mol. The highest BCUT2D eigenvalue weighted by Gasteiger charge is 2.34. The molecule has 1 aliphatic rings. The van der Waals surface area contributed by atoms with Gasteiger partial charge >= 0.3 is 0 Å². The lowest BCUT2D eigenvalue weighted by Crippen LogP contribution is -2.28. The summed E-state index contributed by atoms with van der Waals surface area (Å²) in [6.45, 7) is 2.04. The Labute approximate surface area is 109 Å². The van der Waals surface area contributed by atoms with Crippen molar-refractivity contribution in [2.75, 3.05) is 14.1 Å². The Morgan fingerprint density at radius 3 is 2.28 bits per heavy atom. The molecular weight excluding hydrogens is 248 g/mol. The minimum Gasteiger partial charge on any atom is -0.313 e. The van der Waals surface area contributed by atoms with Crippen LogP contribution >= 0.6 is 0 Å². The van der Waals surface area contributed by atoms with Gasteiger partial charge in [-0.05, 0) is 44.5 Å². The molecule has 1 aromatic rings. The first-order chi connectivity index (χ1) is 8.46. The van der Waals surface area contributed by atoms with Crippen LogP contribution in [-0.2, 0) is 10.0 Å². The zero-order valence-electron chi connectivity index (χ0n) is 11.1. The third kappa shape index (κ3) is 2.58. The Kier molecular flexibility index (Phi) is 3.75. The van der Waals surface area contributed by atoms with Gasteiger partial charge in [-0.15, -0.1) is 0 Å². The highest BCUT2D eigenvalue weighted by molar-refractivity contribution is 7.89. The molecule has 0 aliphatic heterocycles. The van der Waals surface area contributed by atoms with Crippen molar-refractivity contribution in [3.63, 3.8) is 0 Å². The van der Waals surface area contributed by atoms with Crippen LogP contribution in [0.25, 0.3) is 0 Å². The van der Waals surface area contributed by atoms with Crippen LogP contribution in [0.4, 0.5) is 0 Å². The molecule has 1 fully saturated rings. The molecule has 1 saturated carbocycles. The van der Waals surface area contributed by atoms with Crippen LogP contribution in [0.5, 0.6) is 0 Å². The lowest BCUT2D eigenvalue weighted by atomic mass is 10.1. The van der Waals surface area contributed by atoms with Crippen molar-refractivity contribution in [1.29, 1.82) is 0 Å². The fraction of sp³-hybridized carbons (Fsp3) is 0.538. The van der Waals surface area contributed by atoms with Gasteiger partial charge in [-0.25, -0.2) is 8.42 Å². The van der Waals surface area contributed by atoms with Crippen molar-refractivity contribution in [2.45, 2.75) is 36.7 Å². The van der Waals surface area contributed by atoms with Crippen LogP contribution in [0.1, 0.15) is 31.4 Å². The zero-order chi connectivity index (χ0) is 13.3. The molecule has 0 amide bonds. The van der Waals surface area contributed by atoms with E-state index in [0.29, 0.717) is 4.90 Å². The summed E-state index contributed by atoms with van der Waals surface area (Å²) in [5.41, 5.74) is 1.09. The summed E-state index contributed by atoms with van der Waals surface area (Å²) in [5.74, 6) is 0. The van der Waals surface area contributed by atoms with Crippen molar-refractivity contribution in [3.05, 3.63) is 29.8 Å². The summed E-state index contributed by atoms with van der Waals surface area (Å²) in [4.78, 5) is 0.379. The number of hydrogen-bond acceptors (Lipinski definition) is 3. The molecule has 18 heavy (non-hydrogen) atoms. The van der Waals surface area contributed by atoms with Gasteiger partial charge in [0, 0.05) is 19.1 Å². The van der Waals surface area contributed by atoms with Crippen molar-refractivity contribution < 1.29 is 8.42 Å². The van der Waals surface area contributed by atoms with Gasteiger partial charge in [0.05, 0.1) is 4.90 Å². The summed E-state index contributed by atoms with van der Waals surface area (Å²) in [5, 5.41) is 3.13. The van der Waals surface area contributed by atoms with Crippen molar-refractivity contribution in [3.8, 4) is 0 Å². The SMILES string of the molecule is CNC(C)c1ccc(S(=O)(=O)N(C)C2CC2)cc1. The Balaban J connectivity index is 2.23. The van der Waals surface area contributed by atoms with Crippen LogP contribution in [-0.4, -0.2) is 32.9 Å². The van der Waals surface area contributed by atoms with Gasteiger partial charge in [0.1, 0.15) is 0 Å². The van der Waals surface area contributed by atoms with E-state index in [2.05, 4.69) is 5.32 Å². The smallest absolute Gasteiger partial charge is 0.243 e. The molecule has 1 aliphatic carbocycles. The summed E-state index contributed by atoms with van der Waals surface area (Å²) in [6, 6.07) is 7.55. The predicted molar refractivity (Wildman–Crippen MR) is 71.9 cm³/mol. The molecule has 0 spiro atoms. The van der Waals surface area contributed by atoms with Crippen molar-refractivity contribution >= 4 is 10.0 Å². The molecule has 0 aromatic heterocycles. The van der Waals surface area contributed by atoms with Crippen LogP contribution in [0.2, 0.25) is 0 Å². The molecule has 0 heterocycles. The second-order valence-electron chi connectivity index (χ2n) is 4.83. The van der Waals surface area contributed by atoms with E-state index in [4.69, 9.17) is 0 Å². The van der Waals surface area contributed by atoms with E-state index >= 15 is 0 Å². The third-order valence-corrected chi connectivity index (χ3v) is 5.48. The molecule has 0 radical (unpaired) electrons. The monoisotopic (exact) mass is 268 g/mol. The van der Waals surface area contributed by atoms with E-state index < -0.39 is 10.0 Å². The molecule has 1 unspecified atom stereocenters. The number of rotatable bonds is 5. The van der Waals surface area contributed by atoms with Gasteiger partial charge in [-0.2, -0.15) is 4.31 Å². The maximum Gasteiger partial charge on any atom is 0.243 e. The first-order valence-electron chi connectivity index (χ1n) is 6.22. The summed E-state index contributed by atoms with van der Waals surface area (Å²) < 4.78 is 26.0. The number of nitrogens with zero attached hydrogens (tertiary/aromatic N) is 1. The zero-order valence-corrected chi connectivity index (χ0v) is 11.9. The Morgan fingerprint density at radius 2 is 1.83 bits per heavy atom. The fourth-order valence-electron chi connectivity index (χ4n) is 1.90. The highest BCUT2D eigenvalue weighted by atomic mass is 32.2. The Bertz CT molecular complexity index is 506. The molecule has 4 nitrogen and oxygen atoms in total. The van der Waals surface area contributed by atoms with Crippen molar-refractivity contribution in [2.24, 2.45) is 0 Å². The summed E-state index contributed by atoms with van der Waals surface area (Å²) >= 11 is 0. The van der Waals surface area contributed by atoms with E-state index in [1.807, 2.05) is 26.1 Å². The van der Waals surface area contributed by atoms with Gasteiger partial charge in [0.15, 0.2) is 0 Å². The normalized spacial score (nSPS) is 18.0. The first-order valence-corrected chi connectivity index (χ1v) is 7.66. The van der Waals surface area contributed by atoms with Gasteiger partial charge in [-0.3, -0.25) is 0 Å². The van der Waals surface area contributed by atoms with Crippen LogP contribution in [0.15, 0.2) is 29.2 Å². The molecule has 100 valence electrons. The summed E-state index contributed by atoms with van der Waals surface area (Å²) in [6.07, 6.45) is 1.95. The molecule has 0 bridgehead atoms. The molecule has 2 rings (SSSR count). The second kappa shape index (κ2) is 4.99. The Hall–Kier alpha value is -0.910. The van der Waals surface area contributed by atoms with Gasteiger partial charge in [0.25, 0.3) is 0 Å². The number of hydrogen-bond donors (Lipinski definition) is 1. The third-order valence-electron chi connectivity index (χ3n) is 3.55. The van der Waals surface area contributed by atoms with E-state index in [-0.39, 0.29) is 12.1 Å². The number of sulfonamides is 1. The largest absolute Gasteiger partial charge is 0.313 e. The average Bonchev–Trinajstić information content (AvgIpc) is 3.21. The fourth-order valence-corrected chi connectivity index (χ4v) is 3.31. The lowest BCUT2D eigenvalue weighted by Gasteiger charge is -2.17. The minimum absolute atomic E-state index is 0.200. The van der Waals surface area contributed by atoms with Gasteiger partial charge < -0.3 is 5.32 Å². The number of nitrogens with one attached hydrogen (secondary N) is 1. The maximum atomic E-state index is 12.3. The molecule has 0 saturated heterocycles. The molecular formula is C13H20N2O2S. The summed E-state index contributed by atoms with van der Waals surface area (Å²) in [7, 11) is 0.237. The second-order valence-corrected chi connectivity index (χ2v) is 6.83. The van der Waals surface area contributed by atoms with Crippen LogP contribution in [0.3, 0.4) is 0 Å². The number of benzene rings is 1. The Morgan fingerprint density at radius 1 is 1.28 bits per heavy atom. The lowest BCUT2D eigenvalue weighted by molar-refractivity contribution is 0.464.